The quantitative estimate of drug-likeness (QED) is 0.364. The number of carbonyl (C=O) groups excluding carboxylic acids is 1. The second-order valence-electron chi connectivity index (χ2n) is 7.66. The van der Waals surface area contributed by atoms with E-state index in [1.54, 1.807) is 23.9 Å². The average Bonchev–Trinajstić information content (AvgIpc) is 3.64. The van der Waals surface area contributed by atoms with E-state index in [-0.39, 0.29) is 5.91 Å². The van der Waals surface area contributed by atoms with Gasteiger partial charge in [0.25, 0.3) is 5.91 Å². The summed E-state index contributed by atoms with van der Waals surface area (Å²) in [5.74, 6) is 1.62. The van der Waals surface area contributed by atoms with Gasteiger partial charge in [0.2, 0.25) is 0 Å². The summed E-state index contributed by atoms with van der Waals surface area (Å²) in [6.45, 7) is 2.68. The van der Waals surface area contributed by atoms with Crippen molar-refractivity contribution in [3.8, 4) is 22.0 Å². The molecule has 1 aliphatic rings. The van der Waals surface area contributed by atoms with Gasteiger partial charge in [0.15, 0.2) is 10.8 Å². The van der Waals surface area contributed by atoms with E-state index >= 15 is 0 Å². The number of anilines is 1. The van der Waals surface area contributed by atoms with E-state index in [0.29, 0.717) is 34.4 Å². The molecule has 1 fully saturated rings. The lowest BCUT2D eigenvalue weighted by atomic mass is 10.1. The molecule has 0 unspecified atom stereocenters. The first-order valence-electron chi connectivity index (χ1n) is 10.6. The van der Waals surface area contributed by atoms with Crippen LogP contribution in [0.4, 0.5) is 5.82 Å². The number of nitrogens with zero attached hydrogens (tertiary/aromatic N) is 5. The lowest BCUT2D eigenvalue weighted by Gasteiger charge is -2.35. The molecule has 6 rings (SSSR count). The van der Waals surface area contributed by atoms with Gasteiger partial charge in [-0.1, -0.05) is 30.3 Å². The molecule has 1 aromatic carbocycles. The minimum absolute atomic E-state index is 0.00665. The number of aromatic nitrogens is 3. The van der Waals surface area contributed by atoms with Crippen molar-refractivity contribution in [2.45, 2.75) is 0 Å². The second-order valence-corrected chi connectivity index (χ2v) is 9.55. The Morgan fingerprint density at radius 2 is 1.82 bits per heavy atom. The van der Waals surface area contributed by atoms with Gasteiger partial charge < -0.3 is 14.2 Å². The van der Waals surface area contributed by atoms with Crippen LogP contribution in [0.25, 0.3) is 32.2 Å². The molecular weight excluding hydrogens is 454 g/mol. The van der Waals surface area contributed by atoms with Gasteiger partial charge in [0, 0.05) is 31.7 Å². The summed E-state index contributed by atoms with van der Waals surface area (Å²) >= 11 is 3.00. The molecule has 1 aliphatic heterocycles. The third kappa shape index (κ3) is 3.69. The van der Waals surface area contributed by atoms with E-state index < -0.39 is 0 Å². The fraction of sp³-hybridized carbons (Fsp3) is 0.167. The number of piperazine rings is 1. The molecule has 164 valence electrons. The van der Waals surface area contributed by atoms with Gasteiger partial charge in [0.1, 0.15) is 21.9 Å². The van der Waals surface area contributed by atoms with Crippen molar-refractivity contribution in [2.75, 3.05) is 31.1 Å². The Balaban J connectivity index is 1.27. The van der Waals surface area contributed by atoms with Crippen molar-refractivity contribution < 1.29 is 9.21 Å². The van der Waals surface area contributed by atoms with Crippen molar-refractivity contribution in [2.24, 2.45) is 0 Å². The first-order valence-corrected chi connectivity index (χ1v) is 12.3. The second kappa shape index (κ2) is 8.42. The Labute approximate surface area is 198 Å². The van der Waals surface area contributed by atoms with Gasteiger partial charge in [-0.3, -0.25) is 4.79 Å². The highest BCUT2D eigenvalue weighted by molar-refractivity contribution is 7.17. The molecule has 0 atom stereocenters. The summed E-state index contributed by atoms with van der Waals surface area (Å²) in [6, 6.07) is 15.6. The molecule has 0 bridgehead atoms. The fourth-order valence-corrected chi connectivity index (χ4v) is 5.81. The summed E-state index contributed by atoms with van der Waals surface area (Å²) < 4.78 is 5.55. The Kier molecular flexibility index (Phi) is 5.12. The first-order chi connectivity index (χ1) is 16.3. The van der Waals surface area contributed by atoms with Gasteiger partial charge in [-0.15, -0.1) is 22.7 Å². The number of carbonyl (C=O) groups is 1. The number of fused-ring (bicyclic) bond motifs is 1. The third-order valence-electron chi connectivity index (χ3n) is 5.71. The highest BCUT2D eigenvalue weighted by Gasteiger charge is 2.29. The molecular formula is C24H19N5O2S2. The van der Waals surface area contributed by atoms with E-state index in [2.05, 4.69) is 20.9 Å². The summed E-state index contributed by atoms with van der Waals surface area (Å²) in [5.41, 5.74) is 1.63. The molecule has 0 aliphatic carbocycles. The zero-order valence-corrected chi connectivity index (χ0v) is 19.2. The van der Waals surface area contributed by atoms with E-state index in [9.17, 15) is 4.79 Å². The standard InChI is InChI=1S/C24H19N5O2S2/c30-24(29-11-9-28(10-12-29)21-17-8-14-32-22(17)26-15-25-21)20-19(16-5-2-1-3-6-16)27-23(33-20)18-7-4-13-31-18/h1-8,13-15H,9-12H2. The predicted octanol–water partition coefficient (Wildman–Crippen LogP) is 5.04. The zero-order valence-electron chi connectivity index (χ0n) is 17.5. The van der Waals surface area contributed by atoms with Crippen molar-refractivity contribution >= 4 is 44.6 Å². The molecule has 5 aromatic rings. The van der Waals surface area contributed by atoms with Crippen LogP contribution in [0.2, 0.25) is 0 Å². The zero-order chi connectivity index (χ0) is 22.2. The summed E-state index contributed by atoms with van der Waals surface area (Å²) in [7, 11) is 0. The number of thiophene rings is 1. The normalized spacial score (nSPS) is 14.2. The first kappa shape index (κ1) is 20.1. The van der Waals surface area contributed by atoms with Gasteiger partial charge in [-0.2, -0.15) is 0 Å². The molecule has 1 amide bonds. The number of hydrogen-bond donors (Lipinski definition) is 0. The Morgan fingerprint density at radius 1 is 0.970 bits per heavy atom. The Morgan fingerprint density at radius 3 is 2.61 bits per heavy atom. The van der Waals surface area contributed by atoms with Crippen molar-refractivity contribution in [3.05, 3.63) is 71.4 Å². The van der Waals surface area contributed by atoms with Crippen LogP contribution in [0.5, 0.6) is 0 Å². The van der Waals surface area contributed by atoms with Crippen LogP contribution >= 0.6 is 22.7 Å². The fourth-order valence-electron chi connectivity index (χ4n) is 4.06. The summed E-state index contributed by atoms with van der Waals surface area (Å²) in [5, 5.41) is 3.81. The number of furan rings is 1. The minimum Gasteiger partial charge on any atom is -0.462 e. The number of thiazole rings is 1. The number of rotatable bonds is 4. The predicted molar refractivity (Wildman–Crippen MR) is 131 cm³/mol. The highest BCUT2D eigenvalue weighted by Crippen LogP contribution is 2.35. The van der Waals surface area contributed by atoms with E-state index in [1.807, 2.05) is 52.7 Å². The molecule has 9 heteroatoms. The average molecular weight is 474 g/mol. The lowest BCUT2D eigenvalue weighted by molar-refractivity contribution is 0.0752. The number of hydrogen-bond acceptors (Lipinski definition) is 8. The van der Waals surface area contributed by atoms with Crippen molar-refractivity contribution in [1.82, 2.24) is 19.9 Å². The van der Waals surface area contributed by atoms with E-state index in [0.717, 1.165) is 34.7 Å². The van der Waals surface area contributed by atoms with Crippen molar-refractivity contribution in [3.63, 3.8) is 0 Å². The molecule has 1 saturated heterocycles. The smallest absolute Gasteiger partial charge is 0.266 e. The molecule has 7 nitrogen and oxygen atoms in total. The maximum atomic E-state index is 13.6. The maximum absolute atomic E-state index is 13.6. The molecule has 0 saturated carbocycles. The molecule has 0 radical (unpaired) electrons. The molecule has 0 spiro atoms. The van der Waals surface area contributed by atoms with Crippen LogP contribution in [-0.4, -0.2) is 51.9 Å². The SMILES string of the molecule is O=C(c1sc(-c2ccco2)nc1-c1ccccc1)N1CCN(c2ncnc3sccc23)CC1. The molecule has 33 heavy (non-hydrogen) atoms. The number of benzene rings is 1. The van der Waals surface area contributed by atoms with Crippen LogP contribution in [-0.2, 0) is 0 Å². The van der Waals surface area contributed by atoms with Gasteiger partial charge >= 0.3 is 0 Å². The van der Waals surface area contributed by atoms with Crippen LogP contribution in [0.15, 0.2) is 70.9 Å². The largest absolute Gasteiger partial charge is 0.462 e. The molecule has 5 heterocycles. The summed E-state index contributed by atoms with van der Waals surface area (Å²) in [4.78, 5) is 33.0. The monoisotopic (exact) mass is 473 g/mol. The third-order valence-corrected chi connectivity index (χ3v) is 7.59. The Bertz CT molecular complexity index is 1400. The topological polar surface area (TPSA) is 75.4 Å². The van der Waals surface area contributed by atoms with Gasteiger partial charge in [-0.05, 0) is 23.6 Å². The van der Waals surface area contributed by atoms with Crippen LogP contribution in [0.3, 0.4) is 0 Å². The van der Waals surface area contributed by atoms with E-state index in [4.69, 9.17) is 9.40 Å². The highest BCUT2D eigenvalue weighted by atomic mass is 32.1. The molecule has 0 N–H and O–H groups in total. The van der Waals surface area contributed by atoms with Crippen LogP contribution in [0, 0.1) is 0 Å². The summed E-state index contributed by atoms with van der Waals surface area (Å²) in [6.07, 6.45) is 3.24. The number of amides is 1. The van der Waals surface area contributed by atoms with Crippen LogP contribution < -0.4 is 4.90 Å². The minimum atomic E-state index is 0.00665. The van der Waals surface area contributed by atoms with Gasteiger partial charge in [0.05, 0.1) is 17.3 Å². The Hall–Kier alpha value is -3.56. The molecule has 4 aromatic heterocycles. The van der Waals surface area contributed by atoms with E-state index in [1.165, 1.54) is 11.3 Å². The maximum Gasteiger partial charge on any atom is 0.266 e. The van der Waals surface area contributed by atoms with Crippen molar-refractivity contribution in [1.29, 1.82) is 0 Å². The van der Waals surface area contributed by atoms with Crippen LogP contribution in [0.1, 0.15) is 9.67 Å². The lowest BCUT2D eigenvalue weighted by Crippen LogP contribution is -2.49. The van der Waals surface area contributed by atoms with Gasteiger partial charge in [-0.25, -0.2) is 15.0 Å².